The number of anilines is 1. The first kappa shape index (κ1) is 15.8. The Labute approximate surface area is 132 Å². The number of hydrogen-bond donors (Lipinski definition) is 1. The van der Waals surface area contributed by atoms with E-state index in [0.717, 1.165) is 12.5 Å². The molecule has 0 aliphatic carbocycles. The number of nitrogens with one attached hydrogen (secondary N) is 1. The molecule has 20 heavy (non-hydrogen) atoms. The molecule has 0 radical (unpaired) electrons. The summed E-state index contributed by atoms with van der Waals surface area (Å²) in [5.41, 5.74) is 2.81. The van der Waals surface area contributed by atoms with Gasteiger partial charge in [0.25, 0.3) is 0 Å². The van der Waals surface area contributed by atoms with E-state index in [4.69, 9.17) is 0 Å². The first-order valence-electron chi connectivity index (χ1n) is 7.82. The fraction of sp³-hybridized carbons (Fsp3) is 0.647. The fourth-order valence-corrected chi connectivity index (χ4v) is 3.52. The molecule has 2 nitrogen and oxygen atoms in total. The molecule has 3 atom stereocenters. The van der Waals surface area contributed by atoms with Gasteiger partial charge in [0.15, 0.2) is 0 Å². The molecule has 1 saturated heterocycles. The summed E-state index contributed by atoms with van der Waals surface area (Å²) in [6.07, 6.45) is 2.65. The van der Waals surface area contributed by atoms with Crippen molar-refractivity contribution in [2.24, 2.45) is 5.92 Å². The van der Waals surface area contributed by atoms with E-state index in [2.05, 4.69) is 72.0 Å². The van der Waals surface area contributed by atoms with Crippen LogP contribution < -0.4 is 10.2 Å². The second-order valence-electron chi connectivity index (χ2n) is 6.17. The van der Waals surface area contributed by atoms with Crippen molar-refractivity contribution in [3.63, 3.8) is 0 Å². The topological polar surface area (TPSA) is 15.3 Å². The average molecular weight is 339 g/mol. The standard InChI is InChI=1S/C17H27BrN2/c1-5-19-14(4)16-9-8-15(18)10-17(16)20-11-12(2)6-7-13(20)3/h8-10,12-14,19H,5-7,11H2,1-4H3. The molecular formula is C17H27BrN2. The van der Waals surface area contributed by atoms with Crippen LogP contribution in [0.5, 0.6) is 0 Å². The zero-order valence-corrected chi connectivity index (χ0v) is 14.7. The van der Waals surface area contributed by atoms with Crippen LogP contribution in [-0.2, 0) is 0 Å². The Balaban J connectivity index is 2.35. The summed E-state index contributed by atoms with van der Waals surface area (Å²) in [5.74, 6) is 0.785. The van der Waals surface area contributed by atoms with Gasteiger partial charge in [-0.15, -0.1) is 0 Å². The third kappa shape index (κ3) is 3.56. The molecule has 0 spiro atoms. The van der Waals surface area contributed by atoms with E-state index >= 15 is 0 Å². The highest BCUT2D eigenvalue weighted by Crippen LogP contribution is 2.34. The summed E-state index contributed by atoms with van der Waals surface area (Å²) < 4.78 is 1.17. The van der Waals surface area contributed by atoms with Crippen LogP contribution >= 0.6 is 15.9 Å². The molecule has 1 aromatic rings. The Morgan fingerprint density at radius 1 is 1.35 bits per heavy atom. The third-order valence-electron chi connectivity index (χ3n) is 4.40. The van der Waals surface area contributed by atoms with Gasteiger partial charge in [-0.3, -0.25) is 0 Å². The number of benzene rings is 1. The summed E-state index contributed by atoms with van der Waals surface area (Å²) in [6.45, 7) is 11.3. The van der Waals surface area contributed by atoms with Crippen molar-refractivity contribution < 1.29 is 0 Å². The van der Waals surface area contributed by atoms with Gasteiger partial charge in [0.1, 0.15) is 0 Å². The molecule has 1 aliphatic heterocycles. The Hall–Kier alpha value is -0.540. The van der Waals surface area contributed by atoms with Gasteiger partial charge in [-0.2, -0.15) is 0 Å². The first-order valence-corrected chi connectivity index (χ1v) is 8.61. The van der Waals surface area contributed by atoms with Crippen LogP contribution in [0.15, 0.2) is 22.7 Å². The summed E-state index contributed by atoms with van der Waals surface area (Å²) in [6, 6.07) is 7.74. The van der Waals surface area contributed by atoms with Crippen molar-refractivity contribution in [3.8, 4) is 0 Å². The van der Waals surface area contributed by atoms with Crippen LogP contribution in [0.3, 0.4) is 0 Å². The second kappa shape index (κ2) is 6.95. The van der Waals surface area contributed by atoms with E-state index in [1.807, 2.05) is 0 Å². The van der Waals surface area contributed by atoms with Gasteiger partial charge in [0.05, 0.1) is 0 Å². The monoisotopic (exact) mass is 338 g/mol. The zero-order chi connectivity index (χ0) is 14.7. The van der Waals surface area contributed by atoms with Crippen molar-refractivity contribution in [3.05, 3.63) is 28.2 Å². The van der Waals surface area contributed by atoms with Crippen LogP contribution in [0.25, 0.3) is 0 Å². The number of nitrogens with zero attached hydrogens (tertiary/aromatic N) is 1. The minimum Gasteiger partial charge on any atom is -0.368 e. The van der Waals surface area contributed by atoms with Crippen LogP contribution in [-0.4, -0.2) is 19.1 Å². The average Bonchev–Trinajstić information content (AvgIpc) is 2.41. The molecule has 0 aromatic heterocycles. The highest BCUT2D eigenvalue weighted by atomic mass is 79.9. The smallest absolute Gasteiger partial charge is 0.0428 e. The lowest BCUT2D eigenvalue weighted by Crippen LogP contribution is -2.42. The SMILES string of the molecule is CCNC(C)c1ccc(Br)cc1N1CC(C)CCC1C. The highest BCUT2D eigenvalue weighted by Gasteiger charge is 2.25. The number of halogens is 1. The fourth-order valence-electron chi connectivity index (χ4n) is 3.17. The van der Waals surface area contributed by atoms with E-state index in [0.29, 0.717) is 12.1 Å². The normalized spacial score (nSPS) is 24.8. The van der Waals surface area contributed by atoms with Crippen molar-refractivity contribution >= 4 is 21.6 Å². The maximum atomic E-state index is 3.64. The summed E-state index contributed by atoms with van der Waals surface area (Å²) in [5, 5.41) is 3.54. The maximum Gasteiger partial charge on any atom is 0.0428 e. The molecule has 1 N–H and O–H groups in total. The van der Waals surface area contributed by atoms with E-state index < -0.39 is 0 Å². The van der Waals surface area contributed by atoms with E-state index in [1.54, 1.807) is 0 Å². The van der Waals surface area contributed by atoms with Crippen molar-refractivity contribution in [1.29, 1.82) is 0 Å². The summed E-state index contributed by atoms with van der Waals surface area (Å²) in [7, 11) is 0. The quantitative estimate of drug-likeness (QED) is 0.852. The zero-order valence-electron chi connectivity index (χ0n) is 13.1. The molecule has 0 amide bonds. The molecule has 1 aliphatic rings. The Morgan fingerprint density at radius 3 is 2.80 bits per heavy atom. The molecule has 1 heterocycles. The van der Waals surface area contributed by atoms with E-state index in [1.165, 1.54) is 35.1 Å². The Bertz CT molecular complexity index is 447. The van der Waals surface area contributed by atoms with Crippen molar-refractivity contribution in [2.75, 3.05) is 18.0 Å². The lowest BCUT2D eigenvalue weighted by atomic mass is 9.93. The molecule has 1 aromatic carbocycles. The van der Waals surface area contributed by atoms with Gasteiger partial charge in [-0.05, 0) is 56.8 Å². The number of rotatable bonds is 4. The van der Waals surface area contributed by atoms with E-state index in [9.17, 15) is 0 Å². The third-order valence-corrected chi connectivity index (χ3v) is 4.89. The maximum absolute atomic E-state index is 3.64. The highest BCUT2D eigenvalue weighted by molar-refractivity contribution is 9.10. The molecule has 112 valence electrons. The number of piperidine rings is 1. The predicted molar refractivity (Wildman–Crippen MR) is 91.4 cm³/mol. The lowest BCUT2D eigenvalue weighted by Gasteiger charge is -2.40. The molecular weight excluding hydrogens is 312 g/mol. The Kier molecular flexibility index (Phi) is 5.50. The molecule has 3 heteroatoms. The Morgan fingerprint density at radius 2 is 2.10 bits per heavy atom. The molecule has 1 fully saturated rings. The lowest BCUT2D eigenvalue weighted by molar-refractivity contribution is 0.389. The first-order chi connectivity index (χ1) is 9.52. The van der Waals surface area contributed by atoms with Crippen LogP contribution in [0.4, 0.5) is 5.69 Å². The number of hydrogen-bond acceptors (Lipinski definition) is 2. The van der Waals surface area contributed by atoms with Gasteiger partial charge < -0.3 is 10.2 Å². The molecule has 0 bridgehead atoms. The minimum atomic E-state index is 0.396. The van der Waals surface area contributed by atoms with Crippen molar-refractivity contribution in [2.45, 2.75) is 52.6 Å². The van der Waals surface area contributed by atoms with Crippen LogP contribution in [0.1, 0.15) is 52.1 Å². The van der Waals surface area contributed by atoms with Crippen LogP contribution in [0.2, 0.25) is 0 Å². The van der Waals surface area contributed by atoms with Gasteiger partial charge in [-0.1, -0.05) is 35.8 Å². The summed E-state index contributed by atoms with van der Waals surface area (Å²) >= 11 is 3.64. The van der Waals surface area contributed by atoms with E-state index in [-0.39, 0.29) is 0 Å². The second-order valence-corrected chi connectivity index (χ2v) is 7.08. The largest absolute Gasteiger partial charge is 0.368 e. The van der Waals surface area contributed by atoms with Gasteiger partial charge in [0.2, 0.25) is 0 Å². The van der Waals surface area contributed by atoms with Gasteiger partial charge in [-0.25, -0.2) is 0 Å². The summed E-state index contributed by atoms with van der Waals surface area (Å²) in [4.78, 5) is 2.60. The van der Waals surface area contributed by atoms with Crippen LogP contribution in [0, 0.1) is 5.92 Å². The van der Waals surface area contributed by atoms with Crippen molar-refractivity contribution in [1.82, 2.24) is 5.32 Å². The minimum absolute atomic E-state index is 0.396. The molecule has 2 rings (SSSR count). The molecule has 0 saturated carbocycles. The van der Waals surface area contributed by atoms with Gasteiger partial charge >= 0.3 is 0 Å². The molecule has 3 unspecified atom stereocenters. The predicted octanol–water partition coefficient (Wildman–Crippen LogP) is 4.74. The van der Waals surface area contributed by atoms with Gasteiger partial charge in [0, 0.05) is 28.8 Å².